The number of ether oxygens (including phenoxy) is 6. The molecule has 8 aromatic rings. The Kier molecular flexibility index (Phi) is 19.2. The normalized spacial score (nSPS) is 11.9. The van der Waals surface area contributed by atoms with Gasteiger partial charge < -0.3 is 28.4 Å². The maximum Gasteiger partial charge on any atom is 0.343 e. The number of fused-ring (bicyclic) bond motifs is 3. The van der Waals surface area contributed by atoms with Gasteiger partial charge in [-0.3, -0.25) is 19.2 Å². The lowest BCUT2D eigenvalue weighted by Crippen LogP contribution is -2.16. The summed E-state index contributed by atoms with van der Waals surface area (Å²) in [6, 6.07) is 54.1. The number of rotatable bonds is 24. The number of hydrogen-bond acceptors (Lipinski definition) is 12. The third-order valence-corrected chi connectivity index (χ3v) is 14.6. The fraction of sp³-hybridized carbons (Fsp3) is 0.239. The molecule has 1 aliphatic rings. The second-order valence-electron chi connectivity index (χ2n) is 21.2. The Bertz CT molecular complexity index is 3340. The summed E-state index contributed by atoms with van der Waals surface area (Å²) in [4.78, 5) is 77.1. The molecule has 83 heavy (non-hydrogen) atoms. The smallest absolute Gasteiger partial charge is 0.343 e. The molecule has 8 aromatic carbocycles. The predicted molar refractivity (Wildman–Crippen MR) is 316 cm³/mol. The van der Waals surface area contributed by atoms with Crippen LogP contribution in [0.5, 0.6) is 34.5 Å². The molecule has 0 saturated carbocycles. The van der Waals surface area contributed by atoms with Crippen molar-refractivity contribution in [2.75, 3.05) is 0 Å². The molecule has 0 radical (unpaired) electrons. The van der Waals surface area contributed by atoms with Crippen molar-refractivity contribution >= 4 is 35.8 Å². The van der Waals surface area contributed by atoms with E-state index in [-0.39, 0.29) is 37.6 Å². The van der Waals surface area contributed by atoms with Gasteiger partial charge in [0.1, 0.15) is 34.5 Å². The second kappa shape index (κ2) is 27.4. The summed E-state index contributed by atoms with van der Waals surface area (Å²) in [5.74, 6) is -0.432. The standard InChI is InChI=1S/C71H66O12/c1-5-7-47-9-13-49(14-10-47)21-41-65(72)78-55-33-25-53(26-34-55)69(76)82-57-29-17-51(18-30-57)23-43-67(74)80-59-37-39-61-62-40-38-60(46-64(62)71(3,4)63(61)45-59)81-68(75)44-24-52-19-31-58(32-20-52)83-70(77)54-27-35-56(36-28-54)79-66(73)42-22-50-15-11-48(8-6-2)12-16-50/h9-20,25-40,45-46H,5-8,21-24,41-44H2,1-4H3. The third-order valence-electron chi connectivity index (χ3n) is 14.6. The molecule has 0 fully saturated rings. The highest BCUT2D eigenvalue weighted by atomic mass is 16.6. The fourth-order valence-corrected chi connectivity index (χ4v) is 9.96. The number of esters is 6. The molecule has 422 valence electrons. The molecule has 0 unspecified atom stereocenters. The Labute approximate surface area is 484 Å². The predicted octanol–water partition coefficient (Wildman–Crippen LogP) is 14.5. The topological polar surface area (TPSA) is 158 Å². The number of hydrogen-bond donors (Lipinski definition) is 0. The van der Waals surface area contributed by atoms with E-state index in [1.54, 1.807) is 109 Å². The van der Waals surface area contributed by atoms with Crippen molar-refractivity contribution in [2.45, 2.75) is 110 Å². The van der Waals surface area contributed by atoms with Crippen molar-refractivity contribution in [1.82, 2.24) is 0 Å². The number of benzene rings is 8. The van der Waals surface area contributed by atoms with Gasteiger partial charge in [-0.2, -0.15) is 0 Å². The first-order chi connectivity index (χ1) is 40.2. The summed E-state index contributed by atoms with van der Waals surface area (Å²) in [7, 11) is 0. The third kappa shape index (κ3) is 15.9. The minimum Gasteiger partial charge on any atom is -0.427 e. The zero-order valence-corrected chi connectivity index (χ0v) is 47.2. The number of carbonyl (C=O) groups is 6. The van der Waals surface area contributed by atoms with E-state index >= 15 is 0 Å². The van der Waals surface area contributed by atoms with E-state index in [9.17, 15) is 28.8 Å². The highest BCUT2D eigenvalue weighted by molar-refractivity contribution is 5.92. The molecule has 12 heteroatoms. The van der Waals surface area contributed by atoms with E-state index in [1.165, 1.54) is 11.1 Å². The summed E-state index contributed by atoms with van der Waals surface area (Å²) in [5, 5.41) is 0. The quantitative estimate of drug-likeness (QED) is 0.0417. The average Bonchev–Trinajstić information content (AvgIpc) is 2.01. The molecule has 0 atom stereocenters. The first-order valence-corrected chi connectivity index (χ1v) is 28.3. The zero-order valence-electron chi connectivity index (χ0n) is 47.2. The number of aryl methyl sites for hydroxylation is 6. The lowest BCUT2D eigenvalue weighted by atomic mass is 9.82. The van der Waals surface area contributed by atoms with E-state index in [0.29, 0.717) is 71.3 Å². The molecular formula is C71H66O12. The summed E-state index contributed by atoms with van der Waals surface area (Å²) < 4.78 is 33.8. The summed E-state index contributed by atoms with van der Waals surface area (Å²) in [6.45, 7) is 8.44. The Morgan fingerprint density at radius 1 is 0.301 bits per heavy atom. The van der Waals surface area contributed by atoms with Crippen LogP contribution < -0.4 is 28.4 Å². The molecular weight excluding hydrogens is 1040 g/mol. The molecule has 0 saturated heterocycles. The Balaban J connectivity index is 0.679. The molecule has 9 rings (SSSR count). The maximum atomic E-state index is 13.1. The molecule has 0 N–H and O–H groups in total. The van der Waals surface area contributed by atoms with Gasteiger partial charge in [-0.1, -0.05) is 125 Å². The van der Waals surface area contributed by atoms with Crippen LogP contribution in [-0.4, -0.2) is 35.8 Å². The van der Waals surface area contributed by atoms with Crippen LogP contribution in [0.1, 0.15) is 131 Å². The van der Waals surface area contributed by atoms with Gasteiger partial charge in [0, 0.05) is 31.1 Å². The summed E-state index contributed by atoms with van der Waals surface area (Å²) >= 11 is 0. The van der Waals surface area contributed by atoms with E-state index in [1.807, 2.05) is 48.5 Å². The van der Waals surface area contributed by atoms with Gasteiger partial charge in [0.05, 0.1) is 11.1 Å². The van der Waals surface area contributed by atoms with Crippen LogP contribution in [0.2, 0.25) is 0 Å². The van der Waals surface area contributed by atoms with Crippen molar-refractivity contribution in [2.24, 2.45) is 0 Å². The van der Waals surface area contributed by atoms with Crippen LogP contribution in [0.3, 0.4) is 0 Å². The minimum atomic E-state index is -0.564. The van der Waals surface area contributed by atoms with Gasteiger partial charge in [-0.15, -0.1) is 0 Å². The van der Waals surface area contributed by atoms with Gasteiger partial charge >= 0.3 is 35.8 Å². The zero-order chi connectivity index (χ0) is 58.3. The van der Waals surface area contributed by atoms with Gasteiger partial charge in [0.25, 0.3) is 0 Å². The van der Waals surface area contributed by atoms with Crippen LogP contribution in [0, 0.1) is 0 Å². The largest absolute Gasteiger partial charge is 0.427 e. The Morgan fingerprint density at radius 2 is 0.542 bits per heavy atom. The average molecular weight is 1110 g/mol. The maximum absolute atomic E-state index is 13.1. The van der Waals surface area contributed by atoms with Gasteiger partial charge in [-0.05, 0) is 191 Å². The van der Waals surface area contributed by atoms with E-state index in [2.05, 4.69) is 52.0 Å². The highest BCUT2D eigenvalue weighted by Crippen LogP contribution is 2.50. The van der Waals surface area contributed by atoms with Gasteiger partial charge in [0.15, 0.2) is 0 Å². The molecule has 0 aliphatic heterocycles. The van der Waals surface area contributed by atoms with Crippen LogP contribution in [0.15, 0.2) is 182 Å². The molecule has 0 aromatic heterocycles. The lowest BCUT2D eigenvalue weighted by molar-refractivity contribution is -0.135. The highest BCUT2D eigenvalue weighted by Gasteiger charge is 2.36. The van der Waals surface area contributed by atoms with E-state index < -0.39 is 29.3 Å². The monoisotopic (exact) mass is 1110 g/mol. The fourth-order valence-electron chi connectivity index (χ4n) is 9.96. The minimum absolute atomic E-state index is 0.119. The molecule has 0 bridgehead atoms. The molecule has 0 heterocycles. The first-order valence-electron chi connectivity index (χ1n) is 28.3. The van der Waals surface area contributed by atoms with Gasteiger partial charge in [-0.25, -0.2) is 9.59 Å². The molecule has 1 aliphatic carbocycles. The summed E-state index contributed by atoms with van der Waals surface area (Å²) in [5.41, 5.74) is 10.4. The first kappa shape index (κ1) is 58.2. The van der Waals surface area contributed by atoms with E-state index in [0.717, 1.165) is 70.2 Å². The van der Waals surface area contributed by atoms with Gasteiger partial charge in [0.2, 0.25) is 0 Å². The van der Waals surface area contributed by atoms with Crippen molar-refractivity contribution in [3.8, 4) is 45.6 Å². The van der Waals surface area contributed by atoms with Crippen molar-refractivity contribution < 1.29 is 57.2 Å². The Hall–Kier alpha value is -9.42. The van der Waals surface area contributed by atoms with Crippen LogP contribution >= 0.6 is 0 Å². The van der Waals surface area contributed by atoms with Crippen molar-refractivity contribution in [1.29, 1.82) is 0 Å². The van der Waals surface area contributed by atoms with Crippen LogP contribution in [0.4, 0.5) is 0 Å². The number of carbonyl (C=O) groups excluding carboxylic acids is 6. The van der Waals surface area contributed by atoms with Crippen molar-refractivity contribution in [3.05, 3.63) is 238 Å². The van der Waals surface area contributed by atoms with Crippen LogP contribution in [-0.2, 0) is 63.1 Å². The van der Waals surface area contributed by atoms with Crippen molar-refractivity contribution in [3.63, 3.8) is 0 Å². The second-order valence-corrected chi connectivity index (χ2v) is 21.2. The summed E-state index contributed by atoms with van der Waals surface area (Å²) in [6.07, 6.45) is 6.88. The SMILES string of the molecule is CCCc1ccc(CCC(=O)Oc2ccc(C(=O)Oc3ccc(CCC(=O)Oc4ccc5c(c4)C(C)(C)c4cc(OC(=O)CCc6ccc(OC(=O)c7ccc(OC(=O)CCc8ccc(CCC)cc8)cc7)cc6)ccc4-5)cc3)cc2)cc1. The Morgan fingerprint density at radius 3 is 0.843 bits per heavy atom. The molecule has 0 amide bonds. The molecule has 12 nitrogen and oxygen atoms in total. The molecule has 0 spiro atoms. The lowest BCUT2D eigenvalue weighted by Gasteiger charge is -2.22. The van der Waals surface area contributed by atoms with E-state index in [4.69, 9.17) is 28.4 Å². The van der Waals surface area contributed by atoms with Crippen LogP contribution in [0.25, 0.3) is 11.1 Å².